The maximum absolute atomic E-state index is 13.5. The van der Waals surface area contributed by atoms with E-state index >= 15 is 0 Å². The highest BCUT2D eigenvalue weighted by Crippen LogP contribution is 2.45. The molecule has 0 aliphatic carbocycles. The van der Waals surface area contributed by atoms with Crippen molar-refractivity contribution in [1.29, 1.82) is 0 Å². The third kappa shape index (κ3) is 4.93. The van der Waals surface area contributed by atoms with Crippen molar-refractivity contribution in [3.63, 3.8) is 0 Å². The van der Waals surface area contributed by atoms with Crippen LogP contribution in [0, 0.1) is 5.41 Å². The highest BCUT2D eigenvalue weighted by Gasteiger charge is 2.49. The molecule has 3 aliphatic heterocycles. The van der Waals surface area contributed by atoms with Gasteiger partial charge in [-0.25, -0.2) is 0 Å². The maximum Gasteiger partial charge on any atom is 0.300 e. The lowest BCUT2D eigenvalue weighted by Crippen LogP contribution is -2.64. The zero-order valence-corrected chi connectivity index (χ0v) is 20.1. The van der Waals surface area contributed by atoms with E-state index in [0.29, 0.717) is 0 Å². The minimum atomic E-state index is -0.833. The molecule has 0 atom stereocenters. The number of ether oxygens (including phenoxy) is 2. The molecular weight excluding hydrogens is 440 g/mol. The van der Waals surface area contributed by atoms with Gasteiger partial charge in [0, 0.05) is 38.0 Å². The minimum Gasteiger partial charge on any atom is -0.497 e. The van der Waals surface area contributed by atoms with Crippen LogP contribution in [-0.4, -0.2) is 61.8 Å². The molecule has 0 radical (unpaired) electrons. The summed E-state index contributed by atoms with van der Waals surface area (Å²) in [5.74, 6) is 0.301. The van der Waals surface area contributed by atoms with Crippen molar-refractivity contribution in [2.24, 2.45) is 5.41 Å². The second-order valence-corrected chi connectivity index (χ2v) is 10.0. The molecule has 1 amide bonds. The Labute approximate surface area is 198 Å². The normalized spacial score (nSPS) is 20.1. The first kappa shape index (κ1) is 23.7. The quantitative estimate of drug-likeness (QED) is 0.711. The molecule has 2 N–H and O–H groups in total. The van der Waals surface area contributed by atoms with Gasteiger partial charge in [-0.05, 0) is 60.4 Å². The first-order valence-electron chi connectivity index (χ1n) is 11.4. The molecule has 0 bridgehead atoms. The maximum atomic E-state index is 13.5. The van der Waals surface area contributed by atoms with Crippen LogP contribution in [0.15, 0.2) is 35.7 Å². The Morgan fingerprint density at radius 1 is 1.24 bits per heavy atom. The number of nitrogens with zero attached hydrogens (tertiary/aromatic N) is 1. The van der Waals surface area contributed by atoms with Gasteiger partial charge in [-0.15, -0.1) is 11.3 Å². The number of methoxy groups -OCH3 is 1. The number of carboxylic acids is 1. The Balaban J connectivity index is 0.000000601. The number of aliphatic carboxylic acids is 1. The van der Waals surface area contributed by atoms with Crippen LogP contribution in [0.2, 0.25) is 0 Å². The second kappa shape index (κ2) is 9.83. The molecule has 2 aromatic rings. The summed E-state index contributed by atoms with van der Waals surface area (Å²) < 4.78 is 11.7. The van der Waals surface area contributed by atoms with Gasteiger partial charge in [0.25, 0.3) is 5.97 Å². The van der Waals surface area contributed by atoms with Gasteiger partial charge in [0.05, 0.1) is 19.1 Å². The molecule has 3 aliphatic rings. The van der Waals surface area contributed by atoms with Crippen LogP contribution in [0.25, 0.3) is 0 Å². The molecule has 2 fully saturated rings. The average molecular weight is 473 g/mol. The molecule has 5 rings (SSSR count). The van der Waals surface area contributed by atoms with Crippen LogP contribution >= 0.6 is 11.3 Å². The molecule has 4 heterocycles. The first-order valence-corrected chi connectivity index (χ1v) is 12.3. The lowest BCUT2D eigenvalue weighted by atomic mass is 9.74. The number of hydrogen-bond donors (Lipinski definition) is 2. The van der Waals surface area contributed by atoms with Gasteiger partial charge in [-0.1, -0.05) is 12.1 Å². The molecule has 1 aromatic carbocycles. The Morgan fingerprint density at radius 2 is 1.97 bits per heavy atom. The van der Waals surface area contributed by atoms with Crippen molar-refractivity contribution in [3.05, 3.63) is 51.7 Å². The standard InChI is InChI=1S/C23H28N2O3S.C2H4O2/c1-27-19-4-2-3-17(13-19)14-22(15-24-16-22)21(26)25-9-7-23(8-10-25)20-18(5-11-28-23)6-12-29-20;1-2(3)4/h2-4,6,12-13,24H,5,7-11,14-16H2,1H3;1H3,(H,3,4). The van der Waals surface area contributed by atoms with Crippen LogP contribution in [0.5, 0.6) is 5.75 Å². The second-order valence-electron chi connectivity index (χ2n) is 9.09. The lowest BCUT2D eigenvalue weighted by Gasteiger charge is -2.48. The summed E-state index contributed by atoms with van der Waals surface area (Å²) in [4.78, 5) is 26.0. The number of fused-ring (bicyclic) bond motifs is 2. The van der Waals surface area contributed by atoms with E-state index in [1.54, 1.807) is 7.11 Å². The number of nitrogens with one attached hydrogen (secondary N) is 1. The predicted molar refractivity (Wildman–Crippen MR) is 127 cm³/mol. The smallest absolute Gasteiger partial charge is 0.300 e. The minimum absolute atomic E-state index is 0.170. The van der Waals surface area contributed by atoms with Crippen molar-refractivity contribution in [3.8, 4) is 5.75 Å². The van der Waals surface area contributed by atoms with Crippen molar-refractivity contribution in [1.82, 2.24) is 10.2 Å². The van der Waals surface area contributed by atoms with Crippen LogP contribution in [0.4, 0.5) is 0 Å². The number of benzene rings is 1. The number of amides is 1. The van der Waals surface area contributed by atoms with Gasteiger partial charge in [0.15, 0.2) is 0 Å². The average Bonchev–Trinajstić information content (AvgIpc) is 3.27. The number of carboxylic acid groups (broad SMARTS) is 1. The molecule has 33 heavy (non-hydrogen) atoms. The zero-order valence-electron chi connectivity index (χ0n) is 19.3. The van der Waals surface area contributed by atoms with E-state index < -0.39 is 5.97 Å². The fraction of sp³-hybridized carbons (Fsp3) is 0.520. The van der Waals surface area contributed by atoms with Crippen LogP contribution < -0.4 is 10.1 Å². The molecule has 8 heteroatoms. The zero-order chi connectivity index (χ0) is 23.5. The van der Waals surface area contributed by atoms with E-state index in [9.17, 15) is 4.79 Å². The lowest BCUT2D eigenvalue weighted by molar-refractivity contribution is -0.153. The van der Waals surface area contributed by atoms with E-state index in [2.05, 4.69) is 27.7 Å². The third-order valence-electron chi connectivity index (χ3n) is 6.83. The first-order chi connectivity index (χ1) is 15.9. The van der Waals surface area contributed by atoms with Gasteiger partial charge in [-0.3, -0.25) is 9.59 Å². The number of thiophene rings is 1. The molecule has 0 unspecified atom stereocenters. The van der Waals surface area contributed by atoms with Gasteiger partial charge in [-0.2, -0.15) is 0 Å². The molecule has 1 spiro atoms. The summed E-state index contributed by atoms with van der Waals surface area (Å²) in [6.45, 7) is 4.92. The van der Waals surface area contributed by atoms with Gasteiger partial charge in [0.2, 0.25) is 5.91 Å². The topological polar surface area (TPSA) is 88.1 Å². The van der Waals surface area contributed by atoms with Crippen molar-refractivity contribution in [2.75, 3.05) is 39.9 Å². The molecular formula is C25H32N2O5S. The summed E-state index contributed by atoms with van der Waals surface area (Å²) in [7, 11) is 1.68. The van der Waals surface area contributed by atoms with Crippen molar-refractivity contribution >= 4 is 23.2 Å². The number of rotatable bonds is 4. The molecule has 0 saturated carbocycles. The largest absolute Gasteiger partial charge is 0.497 e. The number of hydrogen-bond acceptors (Lipinski definition) is 6. The van der Waals surface area contributed by atoms with E-state index in [4.69, 9.17) is 19.4 Å². The van der Waals surface area contributed by atoms with Crippen molar-refractivity contribution < 1.29 is 24.2 Å². The Bertz CT molecular complexity index is 988. The van der Waals surface area contributed by atoms with Crippen molar-refractivity contribution in [2.45, 2.75) is 38.2 Å². The molecule has 2 saturated heterocycles. The summed E-state index contributed by atoms with van der Waals surface area (Å²) in [6.07, 6.45) is 3.56. The summed E-state index contributed by atoms with van der Waals surface area (Å²) in [6, 6.07) is 10.3. The van der Waals surface area contributed by atoms with Crippen LogP contribution in [0.1, 0.15) is 35.8 Å². The monoisotopic (exact) mass is 472 g/mol. The van der Waals surface area contributed by atoms with E-state index in [1.165, 1.54) is 10.4 Å². The van der Waals surface area contributed by atoms with Gasteiger partial charge >= 0.3 is 0 Å². The fourth-order valence-electron chi connectivity index (χ4n) is 5.08. The Morgan fingerprint density at radius 3 is 2.61 bits per heavy atom. The number of likely N-dealkylation sites (tertiary alicyclic amines) is 1. The molecule has 1 aromatic heterocycles. The van der Waals surface area contributed by atoms with E-state index in [0.717, 1.165) is 76.7 Å². The van der Waals surface area contributed by atoms with Gasteiger partial charge in [0.1, 0.15) is 11.4 Å². The summed E-state index contributed by atoms with van der Waals surface area (Å²) in [5.41, 5.74) is 2.10. The number of carbonyl (C=O) groups excluding carboxylic acids is 1. The Kier molecular flexibility index (Phi) is 7.07. The molecule has 7 nitrogen and oxygen atoms in total. The van der Waals surface area contributed by atoms with E-state index in [-0.39, 0.29) is 16.9 Å². The third-order valence-corrected chi connectivity index (χ3v) is 7.97. The fourth-order valence-corrected chi connectivity index (χ4v) is 6.25. The number of piperidine rings is 1. The predicted octanol–water partition coefficient (Wildman–Crippen LogP) is 3.07. The van der Waals surface area contributed by atoms with Crippen LogP contribution in [-0.2, 0) is 32.8 Å². The summed E-state index contributed by atoms with van der Waals surface area (Å²) in [5, 5.41) is 12.9. The van der Waals surface area contributed by atoms with Gasteiger partial charge < -0.3 is 24.8 Å². The summed E-state index contributed by atoms with van der Waals surface area (Å²) >= 11 is 1.82. The highest BCUT2D eigenvalue weighted by molar-refractivity contribution is 7.10. The highest BCUT2D eigenvalue weighted by atomic mass is 32.1. The number of carbonyl (C=O) groups is 2. The Hall–Kier alpha value is -2.42. The van der Waals surface area contributed by atoms with E-state index in [1.807, 2.05) is 29.5 Å². The molecule has 178 valence electrons. The SMILES string of the molecule is CC(=O)O.COc1cccc(CC2(C(=O)N3CCC4(CC3)OCCc3ccsc34)CNC2)c1. The van der Waals surface area contributed by atoms with Crippen LogP contribution in [0.3, 0.4) is 0 Å².